The third-order valence-electron chi connectivity index (χ3n) is 2.46. The molecule has 0 bridgehead atoms. The number of nitrogens with one attached hydrogen (secondary N) is 1. The number of amides is 1. The number of fused-ring (bicyclic) bond motifs is 1. The van der Waals surface area contributed by atoms with E-state index in [1.54, 1.807) is 0 Å². The smallest absolute Gasteiger partial charge is 0.395 e. The molecule has 12 heteroatoms. The molecule has 116 valence electrons. The normalized spacial score (nSPS) is 13.6. The zero-order valence-corrected chi connectivity index (χ0v) is 10.7. The zero-order valence-electron chi connectivity index (χ0n) is 10.7. The standard InChI is InChI=1S/C10H9F3N8O/c11-10(12,13)3(14)1-4(15)19-9(22)6-5-7(16)17-2-18-8(5)21-20-6/h1-2H,14H2,(H2,15,19,22)(H3,16,17,18,20,21)/b3-1-. The van der Waals surface area contributed by atoms with Crippen LogP contribution in [0.1, 0.15) is 10.5 Å². The number of carbonyl (C=O) groups is 1. The average Bonchev–Trinajstić information content (AvgIpc) is 2.82. The van der Waals surface area contributed by atoms with Crippen molar-refractivity contribution in [3.63, 3.8) is 0 Å². The second kappa shape index (κ2) is 5.31. The first-order chi connectivity index (χ1) is 10.2. The van der Waals surface area contributed by atoms with Gasteiger partial charge in [0.05, 0.1) is 5.39 Å². The van der Waals surface area contributed by atoms with Crippen molar-refractivity contribution in [3.05, 3.63) is 23.8 Å². The van der Waals surface area contributed by atoms with E-state index in [4.69, 9.17) is 17.2 Å². The molecular formula is C10H9F3N8O. The van der Waals surface area contributed by atoms with Gasteiger partial charge in [0, 0.05) is 6.08 Å². The molecule has 0 spiro atoms. The van der Waals surface area contributed by atoms with E-state index in [-0.39, 0.29) is 22.5 Å². The molecule has 0 fully saturated rings. The number of anilines is 1. The molecule has 0 saturated heterocycles. The van der Waals surface area contributed by atoms with Crippen LogP contribution in [0.2, 0.25) is 0 Å². The number of allylic oxidation sites excluding steroid dienone is 1. The second-order valence-corrected chi connectivity index (χ2v) is 4.00. The number of alkyl halides is 3. The molecule has 22 heavy (non-hydrogen) atoms. The van der Waals surface area contributed by atoms with Crippen LogP contribution in [0.15, 0.2) is 23.1 Å². The van der Waals surface area contributed by atoms with Crippen molar-refractivity contribution in [2.45, 2.75) is 6.18 Å². The lowest BCUT2D eigenvalue weighted by molar-refractivity contribution is -0.0925. The van der Waals surface area contributed by atoms with E-state index < -0.39 is 23.6 Å². The maximum Gasteiger partial charge on any atom is 0.430 e. The Morgan fingerprint density at radius 2 is 2.00 bits per heavy atom. The first kappa shape index (κ1) is 15.2. The van der Waals surface area contributed by atoms with Crippen molar-refractivity contribution in [3.8, 4) is 0 Å². The van der Waals surface area contributed by atoms with Crippen molar-refractivity contribution < 1.29 is 18.0 Å². The predicted octanol–water partition coefficient (Wildman–Crippen LogP) is -0.163. The van der Waals surface area contributed by atoms with Gasteiger partial charge >= 0.3 is 6.18 Å². The van der Waals surface area contributed by atoms with Gasteiger partial charge in [-0.05, 0) is 0 Å². The number of nitrogens with zero attached hydrogens (tertiary/aromatic N) is 4. The first-order valence-corrected chi connectivity index (χ1v) is 5.57. The van der Waals surface area contributed by atoms with Gasteiger partial charge in [0.1, 0.15) is 29.4 Å². The predicted molar refractivity (Wildman–Crippen MR) is 70.4 cm³/mol. The van der Waals surface area contributed by atoms with Crippen molar-refractivity contribution in [1.82, 2.24) is 20.2 Å². The summed E-state index contributed by atoms with van der Waals surface area (Å²) in [6.07, 6.45) is -3.31. The Kier molecular flexibility index (Phi) is 3.67. The van der Waals surface area contributed by atoms with Crippen LogP contribution in [0.25, 0.3) is 11.0 Å². The van der Waals surface area contributed by atoms with Gasteiger partial charge in [-0.3, -0.25) is 9.89 Å². The summed E-state index contributed by atoms with van der Waals surface area (Å²) in [7, 11) is 0. The van der Waals surface area contributed by atoms with Crippen LogP contribution in [0, 0.1) is 0 Å². The summed E-state index contributed by atoms with van der Waals surface area (Å²) in [4.78, 5) is 22.6. The van der Waals surface area contributed by atoms with Gasteiger partial charge < -0.3 is 17.2 Å². The molecule has 2 aromatic heterocycles. The molecule has 2 aromatic rings. The number of H-pyrrole nitrogens is 1. The number of rotatable bonds is 2. The zero-order chi connectivity index (χ0) is 16.5. The Hall–Kier alpha value is -3.18. The minimum absolute atomic E-state index is 0.0405. The summed E-state index contributed by atoms with van der Waals surface area (Å²) >= 11 is 0. The van der Waals surface area contributed by atoms with Crippen LogP contribution in [0.3, 0.4) is 0 Å². The number of amidine groups is 1. The molecule has 0 aliphatic carbocycles. The topological polar surface area (TPSA) is 162 Å². The van der Waals surface area contributed by atoms with Crippen molar-refractivity contribution in [2.75, 3.05) is 5.73 Å². The summed E-state index contributed by atoms with van der Waals surface area (Å²) in [5.74, 6) is -1.76. The lowest BCUT2D eigenvalue weighted by Crippen LogP contribution is -2.23. The lowest BCUT2D eigenvalue weighted by atomic mass is 10.2. The molecule has 0 atom stereocenters. The van der Waals surface area contributed by atoms with Crippen LogP contribution >= 0.6 is 0 Å². The molecule has 0 aliphatic rings. The number of halogens is 3. The molecule has 2 rings (SSSR count). The van der Waals surface area contributed by atoms with E-state index in [0.29, 0.717) is 6.08 Å². The van der Waals surface area contributed by atoms with Crippen LogP contribution in [0.5, 0.6) is 0 Å². The van der Waals surface area contributed by atoms with E-state index in [1.165, 1.54) is 0 Å². The highest BCUT2D eigenvalue weighted by atomic mass is 19.4. The third-order valence-corrected chi connectivity index (χ3v) is 2.46. The fraction of sp³-hybridized carbons (Fsp3) is 0.100. The Morgan fingerprint density at radius 1 is 1.32 bits per heavy atom. The number of aromatic nitrogens is 4. The monoisotopic (exact) mass is 314 g/mol. The Bertz CT molecular complexity index is 791. The lowest BCUT2D eigenvalue weighted by Gasteiger charge is -2.05. The highest BCUT2D eigenvalue weighted by Gasteiger charge is 2.31. The number of carbonyl (C=O) groups excluding carboxylic acids is 1. The molecule has 7 N–H and O–H groups in total. The highest BCUT2D eigenvalue weighted by molar-refractivity contribution is 6.12. The van der Waals surface area contributed by atoms with Crippen LogP contribution < -0.4 is 17.2 Å². The summed E-state index contributed by atoms with van der Waals surface area (Å²) in [5, 5.41) is 6.12. The quantitative estimate of drug-likeness (QED) is 0.442. The summed E-state index contributed by atoms with van der Waals surface area (Å²) in [6.45, 7) is 0. The van der Waals surface area contributed by atoms with Crippen molar-refractivity contribution in [1.29, 1.82) is 0 Å². The van der Waals surface area contributed by atoms with Gasteiger partial charge in [-0.15, -0.1) is 0 Å². The number of hydrogen-bond acceptors (Lipinski definition) is 6. The molecular weight excluding hydrogens is 305 g/mol. The van der Waals surface area contributed by atoms with E-state index in [0.717, 1.165) is 6.33 Å². The van der Waals surface area contributed by atoms with Crippen LogP contribution in [0.4, 0.5) is 19.0 Å². The van der Waals surface area contributed by atoms with Crippen molar-refractivity contribution in [2.24, 2.45) is 16.5 Å². The maximum absolute atomic E-state index is 12.2. The second-order valence-electron chi connectivity index (χ2n) is 4.00. The van der Waals surface area contributed by atoms with Crippen LogP contribution in [-0.2, 0) is 0 Å². The Labute approximate surface area is 120 Å². The number of hydrogen-bond donors (Lipinski definition) is 4. The molecule has 0 aromatic carbocycles. The number of nitrogen functional groups attached to an aromatic ring is 1. The van der Waals surface area contributed by atoms with Gasteiger partial charge in [-0.2, -0.15) is 23.3 Å². The maximum atomic E-state index is 12.2. The van der Waals surface area contributed by atoms with Crippen molar-refractivity contribution >= 4 is 28.6 Å². The van der Waals surface area contributed by atoms with Gasteiger partial charge in [-0.1, -0.05) is 0 Å². The first-order valence-electron chi connectivity index (χ1n) is 5.57. The minimum atomic E-state index is -4.78. The molecule has 1 amide bonds. The minimum Gasteiger partial charge on any atom is -0.395 e. The molecule has 2 heterocycles. The van der Waals surface area contributed by atoms with E-state index in [2.05, 4.69) is 25.2 Å². The SMILES string of the molecule is NC(/C=C(\N)C(F)(F)F)=NC(=O)c1[nH]nc2ncnc(N)c12. The average molecular weight is 314 g/mol. The Balaban J connectivity index is 2.37. The third kappa shape index (κ3) is 2.94. The van der Waals surface area contributed by atoms with Gasteiger partial charge in [0.25, 0.3) is 5.91 Å². The van der Waals surface area contributed by atoms with E-state index in [9.17, 15) is 18.0 Å². The fourth-order valence-corrected chi connectivity index (χ4v) is 1.48. The van der Waals surface area contributed by atoms with Gasteiger partial charge in [0.2, 0.25) is 0 Å². The molecule has 0 aliphatic heterocycles. The largest absolute Gasteiger partial charge is 0.430 e. The molecule has 9 nitrogen and oxygen atoms in total. The number of nitrogens with two attached hydrogens (primary N) is 3. The molecule has 0 radical (unpaired) electrons. The molecule has 0 unspecified atom stereocenters. The highest BCUT2D eigenvalue weighted by Crippen LogP contribution is 2.21. The summed E-state index contributed by atoms with van der Waals surface area (Å²) in [6, 6.07) is 0. The summed E-state index contributed by atoms with van der Waals surface area (Å²) in [5.41, 5.74) is 14.0. The number of aromatic amines is 1. The number of aliphatic imine (C=N–C) groups is 1. The van der Waals surface area contributed by atoms with E-state index in [1.807, 2.05) is 0 Å². The van der Waals surface area contributed by atoms with E-state index >= 15 is 0 Å². The van der Waals surface area contributed by atoms with Crippen LogP contribution in [-0.4, -0.2) is 38.1 Å². The Morgan fingerprint density at radius 3 is 2.64 bits per heavy atom. The fourth-order valence-electron chi connectivity index (χ4n) is 1.48. The summed E-state index contributed by atoms with van der Waals surface area (Å²) < 4.78 is 36.7. The van der Waals surface area contributed by atoms with Gasteiger partial charge in [-0.25, -0.2) is 9.97 Å². The van der Waals surface area contributed by atoms with Gasteiger partial charge in [0.15, 0.2) is 5.65 Å². The molecule has 0 saturated carbocycles.